The lowest BCUT2D eigenvalue weighted by atomic mass is 10.3. The fourth-order valence-corrected chi connectivity index (χ4v) is 1.75. The molecule has 2 rings (SSSR count). The Bertz CT molecular complexity index is 319. The van der Waals surface area contributed by atoms with Gasteiger partial charge in [0.2, 0.25) is 0 Å². The SMILES string of the molecule is COC(OC)c1cc(N2CCOCC2)n[nH]1. The number of morpholine rings is 1. The maximum Gasteiger partial charge on any atom is 0.200 e. The van der Waals surface area contributed by atoms with Crippen LogP contribution in [0.4, 0.5) is 5.82 Å². The van der Waals surface area contributed by atoms with E-state index in [1.165, 1.54) is 0 Å². The van der Waals surface area contributed by atoms with Crippen LogP contribution < -0.4 is 4.90 Å². The van der Waals surface area contributed by atoms with Crippen LogP contribution in [-0.2, 0) is 14.2 Å². The zero-order valence-corrected chi connectivity index (χ0v) is 9.60. The van der Waals surface area contributed by atoms with Gasteiger partial charge in [0.25, 0.3) is 0 Å². The molecule has 0 atom stereocenters. The highest BCUT2D eigenvalue weighted by molar-refractivity contribution is 5.39. The van der Waals surface area contributed by atoms with E-state index in [0.717, 1.165) is 37.8 Å². The molecule has 1 aliphatic heterocycles. The van der Waals surface area contributed by atoms with Crippen molar-refractivity contribution in [3.05, 3.63) is 11.8 Å². The molecular formula is C10H17N3O3. The van der Waals surface area contributed by atoms with Crippen molar-refractivity contribution in [1.82, 2.24) is 10.2 Å². The van der Waals surface area contributed by atoms with Crippen LogP contribution >= 0.6 is 0 Å². The molecule has 0 unspecified atom stereocenters. The van der Waals surface area contributed by atoms with E-state index in [-0.39, 0.29) is 6.29 Å². The first-order valence-corrected chi connectivity index (χ1v) is 5.28. The van der Waals surface area contributed by atoms with Gasteiger partial charge in [0.1, 0.15) is 0 Å². The van der Waals surface area contributed by atoms with E-state index in [4.69, 9.17) is 14.2 Å². The van der Waals surface area contributed by atoms with Gasteiger partial charge in [-0.1, -0.05) is 0 Å². The summed E-state index contributed by atoms with van der Waals surface area (Å²) in [6.07, 6.45) is -0.387. The number of hydrogen-bond acceptors (Lipinski definition) is 5. The normalized spacial score (nSPS) is 17.1. The number of nitrogens with zero attached hydrogens (tertiary/aromatic N) is 2. The number of ether oxygens (including phenoxy) is 3. The average molecular weight is 227 g/mol. The van der Waals surface area contributed by atoms with Crippen molar-refractivity contribution >= 4 is 5.82 Å². The Balaban J connectivity index is 2.05. The van der Waals surface area contributed by atoms with E-state index in [0.29, 0.717) is 0 Å². The number of rotatable bonds is 4. The molecular weight excluding hydrogens is 210 g/mol. The first kappa shape index (κ1) is 11.4. The van der Waals surface area contributed by atoms with Crippen LogP contribution in [0.5, 0.6) is 0 Å². The predicted molar refractivity (Wildman–Crippen MR) is 58.4 cm³/mol. The van der Waals surface area contributed by atoms with Gasteiger partial charge in [-0.3, -0.25) is 5.10 Å². The van der Waals surface area contributed by atoms with Crippen LogP contribution in [0.3, 0.4) is 0 Å². The number of anilines is 1. The van der Waals surface area contributed by atoms with E-state index in [1.807, 2.05) is 6.07 Å². The molecule has 0 aliphatic carbocycles. The van der Waals surface area contributed by atoms with Crippen molar-refractivity contribution < 1.29 is 14.2 Å². The molecule has 0 saturated carbocycles. The van der Waals surface area contributed by atoms with Crippen LogP contribution in [0.1, 0.15) is 12.0 Å². The smallest absolute Gasteiger partial charge is 0.200 e. The molecule has 1 aliphatic rings. The summed E-state index contributed by atoms with van der Waals surface area (Å²) in [5.41, 5.74) is 0.825. The molecule has 0 spiro atoms. The Morgan fingerprint density at radius 1 is 1.38 bits per heavy atom. The van der Waals surface area contributed by atoms with Crippen molar-refractivity contribution in [1.29, 1.82) is 0 Å². The fraction of sp³-hybridized carbons (Fsp3) is 0.700. The monoisotopic (exact) mass is 227 g/mol. The van der Waals surface area contributed by atoms with Gasteiger partial charge < -0.3 is 19.1 Å². The van der Waals surface area contributed by atoms with E-state index in [1.54, 1.807) is 14.2 Å². The van der Waals surface area contributed by atoms with E-state index >= 15 is 0 Å². The highest BCUT2D eigenvalue weighted by Gasteiger charge is 2.17. The number of aromatic nitrogens is 2. The first-order valence-electron chi connectivity index (χ1n) is 5.28. The van der Waals surface area contributed by atoms with Gasteiger partial charge in [-0.25, -0.2) is 0 Å². The first-order chi connectivity index (χ1) is 7.85. The number of nitrogens with one attached hydrogen (secondary N) is 1. The third-order valence-corrected chi connectivity index (χ3v) is 2.60. The second-order valence-corrected chi connectivity index (χ2v) is 3.58. The van der Waals surface area contributed by atoms with Gasteiger partial charge in [0.05, 0.1) is 18.9 Å². The van der Waals surface area contributed by atoms with Gasteiger partial charge in [0.15, 0.2) is 12.1 Å². The van der Waals surface area contributed by atoms with E-state index in [2.05, 4.69) is 15.1 Å². The third-order valence-electron chi connectivity index (χ3n) is 2.60. The molecule has 6 heteroatoms. The Morgan fingerprint density at radius 2 is 2.06 bits per heavy atom. The van der Waals surface area contributed by atoms with Gasteiger partial charge >= 0.3 is 0 Å². The summed E-state index contributed by atoms with van der Waals surface area (Å²) in [6.45, 7) is 3.24. The summed E-state index contributed by atoms with van der Waals surface area (Å²) in [5.74, 6) is 0.914. The van der Waals surface area contributed by atoms with Crippen molar-refractivity contribution in [2.24, 2.45) is 0 Å². The summed E-state index contributed by atoms with van der Waals surface area (Å²) in [7, 11) is 3.20. The zero-order valence-electron chi connectivity index (χ0n) is 9.60. The van der Waals surface area contributed by atoms with Crippen LogP contribution in [-0.4, -0.2) is 50.7 Å². The third kappa shape index (κ3) is 2.34. The Hall–Kier alpha value is -1.11. The molecule has 0 radical (unpaired) electrons. The molecule has 16 heavy (non-hydrogen) atoms. The molecule has 2 heterocycles. The van der Waals surface area contributed by atoms with E-state index < -0.39 is 0 Å². The summed E-state index contributed by atoms with van der Waals surface area (Å²) >= 11 is 0. The summed E-state index contributed by atoms with van der Waals surface area (Å²) in [4.78, 5) is 2.17. The minimum Gasteiger partial charge on any atom is -0.378 e. The topological polar surface area (TPSA) is 59.6 Å². The summed E-state index contributed by atoms with van der Waals surface area (Å²) in [6, 6.07) is 1.95. The molecule has 1 saturated heterocycles. The standard InChI is InChI=1S/C10H17N3O3/c1-14-10(15-2)8-7-9(12-11-8)13-3-5-16-6-4-13/h7,10H,3-6H2,1-2H3,(H,11,12). The Labute approximate surface area is 94.5 Å². The molecule has 0 aromatic carbocycles. The molecule has 1 aromatic rings. The molecule has 0 bridgehead atoms. The largest absolute Gasteiger partial charge is 0.378 e. The van der Waals surface area contributed by atoms with Crippen molar-refractivity contribution in [2.45, 2.75) is 6.29 Å². The van der Waals surface area contributed by atoms with Gasteiger partial charge in [-0.2, -0.15) is 5.10 Å². The quantitative estimate of drug-likeness (QED) is 0.761. The number of H-pyrrole nitrogens is 1. The molecule has 0 amide bonds. The van der Waals surface area contributed by atoms with Gasteiger partial charge in [0, 0.05) is 33.4 Å². The molecule has 90 valence electrons. The van der Waals surface area contributed by atoms with Crippen molar-refractivity contribution in [2.75, 3.05) is 45.4 Å². The molecule has 6 nitrogen and oxygen atoms in total. The van der Waals surface area contributed by atoms with Crippen LogP contribution in [0, 0.1) is 0 Å². The lowest BCUT2D eigenvalue weighted by molar-refractivity contribution is -0.108. The molecule has 1 fully saturated rings. The van der Waals surface area contributed by atoms with Crippen molar-refractivity contribution in [3.63, 3.8) is 0 Å². The average Bonchev–Trinajstić information content (AvgIpc) is 2.81. The lowest BCUT2D eigenvalue weighted by Gasteiger charge is -2.26. The second-order valence-electron chi connectivity index (χ2n) is 3.58. The van der Waals surface area contributed by atoms with Crippen LogP contribution in [0.2, 0.25) is 0 Å². The minimum absolute atomic E-state index is 0.387. The van der Waals surface area contributed by atoms with Gasteiger partial charge in [-0.15, -0.1) is 0 Å². The highest BCUT2D eigenvalue weighted by atomic mass is 16.7. The Kier molecular flexibility index (Phi) is 3.76. The Morgan fingerprint density at radius 3 is 2.69 bits per heavy atom. The number of hydrogen-bond donors (Lipinski definition) is 1. The van der Waals surface area contributed by atoms with Crippen LogP contribution in [0.25, 0.3) is 0 Å². The predicted octanol–water partition coefficient (Wildman–Crippen LogP) is 0.538. The summed E-state index contributed by atoms with van der Waals surface area (Å²) in [5, 5.41) is 7.16. The van der Waals surface area contributed by atoms with Crippen molar-refractivity contribution in [3.8, 4) is 0 Å². The van der Waals surface area contributed by atoms with E-state index in [9.17, 15) is 0 Å². The number of methoxy groups -OCH3 is 2. The fourth-order valence-electron chi connectivity index (χ4n) is 1.75. The minimum atomic E-state index is -0.387. The lowest BCUT2D eigenvalue weighted by Crippen LogP contribution is -2.36. The maximum atomic E-state index is 5.29. The van der Waals surface area contributed by atoms with Gasteiger partial charge in [-0.05, 0) is 0 Å². The molecule has 1 aromatic heterocycles. The second kappa shape index (κ2) is 5.29. The number of aromatic amines is 1. The highest BCUT2D eigenvalue weighted by Crippen LogP contribution is 2.20. The summed E-state index contributed by atoms with van der Waals surface area (Å²) < 4.78 is 15.6. The zero-order chi connectivity index (χ0) is 11.4. The maximum absolute atomic E-state index is 5.29. The van der Waals surface area contributed by atoms with Crippen LogP contribution in [0.15, 0.2) is 6.07 Å². The molecule has 1 N–H and O–H groups in total.